The molecule has 0 unspecified atom stereocenters. The number of nitrogens with zero attached hydrogens (tertiary/aromatic N) is 1. The molecule has 0 aliphatic rings. The van der Waals surface area contributed by atoms with E-state index < -0.39 is 0 Å². The summed E-state index contributed by atoms with van der Waals surface area (Å²) in [5.41, 5.74) is 5.88. The smallest absolute Gasteiger partial charge is 0.221 e. The molecule has 0 radical (unpaired) electrons. The molecule has 3 nitrogen and oxygen atoms in total. The maximum absolute atomic E-state index is 13.1. The number of benzene rings is 3. The number of amides is 1. The van der Waals surface area contributed by atoms with E-state index >= 15 is 0 Å². The quantitative estimate of drug-likeness (QED) is 0.433. The van der Waals surface area contributed by atoms with Crippen LogP contribution in [0.4, 0.5) is 0 Å². The minimum atomic E-state index is -0.0233. The number of rotatable bonds is 6. The van der Waals surface area contributed by atoms with Crippen molar-refractivity contribution in [1.82, 2.24) is 9.88 Å². The number of fused-ring (bicyclic) bond motifs is 1. The largest absolute Gasteiger partial charge is 0.350 e. The lowest BCUT2D eigenvalue weighted by atomic mass is 9.87. The second kappa shape index (κ2) is 8.58. The predicted octanol–water partition coefficient (Wildman–Crippen LogP) is 5.89. The summed E-state index contributed by atoms with van der Waals surface area (Å²) in [6, 6.07) is 27.0. The van der Waals surface area contributed by atoms with Gasteiger partial charge in [-0.1, -0.05) is 78.4 Å². The van der Waals surface area contributed by atoms with Crippen molar-refractivity contribution < 1.29 is 4.79 Å². The third-order valence-electron chi connectivity index (χ3n) is 5.85. The monoisotopic (exact) mass is 396 g/mol. The minimum Gasteiger partial charge on any atom is -0.350 e. The van der Waals surface area contributed by atoms with Gasteiger partial charge in [0.15, 0.2) is 0 Å². The molecular formula is C27H28N2O. The van der Waals surface area contributed by atoms with Crippen molar-refractivity contribution in [3.05, 3.63) is 107 Å². The number of carbonyl (C=O) groups excluding carboxylic acids is 1. The molecule has 0 saturated heterocycles. The first-order chi connectivity index (χ1) is 14.5. The van der Waals surface area contributed by atoms with Crippen LogP contribution in [0.1, 0.15) is 47.6 Å². The van der Waals surface area contributed by atoms with Crippen molar-refractivity contribution >= 4 is 16.8 Å². The summed E-state index contributed by atoms with van der Waals surface area (Å²) in [7, 11) is 2.07. The molecule has 0 aliphatic heterocycles. The number of aryl methyl sites for hydroxylation is 2. The molecular weight excluding hydrogens is 368 g/mol. The average Bonchev–Trinajstić information content (AvgIpc) is 3.10. The second-order valence-electron chi connectivity index (χ2n) is 8.08. The van der Waals surface area contributed by atoms with Gasteiger partial charge < -0.3 is 9.88 Å². The van der Waals surface area contributed by atoms with Gasteiger partial charge >= 0.3 is 0 Å². The van der Waals surface area contributed by atoms with Gasteiger partial charge in [-0.05, 0) is 36.6 Å². The number of nitrogens with one attached hydrogen (secondary N) is 1. The third kappa shape index (κ3) is 4.16. The first-order valence-corrected chi connectivity index (χ1v) is 10.5. The molecule has 0 aliphatic carbocycles. The lowest BCUT2D eigenvalue weighted by Gasteiger charge is -2.20. The Labute approximate surface area is 178 Å². The Morgan fingerprint density at radius 3 is 2.30 bits per heavy atom. The van der Waals surface area contributed by atoms with Gasteiger partial charge in [-0.25, -0.2) is 0 Å². The van der Waals surface area contributed by atoms with Crippen LogP contribution in [0, 0.1) is 6.92 Å². The van der Waals surface area contributed by atoms with E-state index in [-0.39, 0.29) is 17.9 Å². The molecule has 1 heterocycles. The van der Waals surface area contributed by atoms with Crippen molar-refractivity contribution in [1.29, 1.82) is 0 Å². The van der Waals surface area contributed by atoms with Crippen LogP contribution in [0.15, 0.2) is 85.1 Å². The Morgan fingerprint density at radius 2 is 1.57 bits per heavy atom. The SMILES string of the molecule is Cc1ccc([C@H](CC(=O)N[C@@H](C)c2ccccc2)c2cn(C)c3ccccc23)cc1. The van der Waals surface area contributed by atoms with Gasteiger partial charge in [0, 0.05) is 36.5 Å². The van der Waals surface area contributed by atoms with Crippen LogP contribution in [0.2, 0.25) is 0 Å². The van der Waals surface area contributed by atoms with E-state index in [1.807, 2.05) is 37.3 Å². The molecule has 0 spiro atoms. The number of carbonyl (C=O) groups is 1. The minimum absolute atomic E-state index is 0.000302. The van der Waals surface area contributed by atoms with Crippen LogP contribution < -0.4 is 5.32 Å². The molecule has 0 fully saturated rings. The second-order valence-corrected chi connectivity index (χ2v) is 8.08. The van der Waals surface area contributed by atoms with Gasteiger partial charge in [-0.15, -0.1) is 0 Å². The number of aromatic nitrogens is 1. The Bertz CT molecular complexity index is 1140. The van der Waals surface area contributed by atoms with E-state index in [2.05, 4.69) is 78.6 Å². The van der Waals surface area contributed by atoms with Gasteiger partial charge in [0.05, 0.1) is 6.04 Å². The van der Waals surface area contributed by atoms with Crippen molar-refractivity contribution in [3.8, 4) is 0 Å². The van der Waals surface area contributed by atoms with Crippen molar-refractivity contribution in [2.75, 3.05) is 0 Å². The van der Waals surface area contributed by atoms with Gasteiger partial charge in [0.2, 0.25) is 5.91 Å². The average molecular weight is 397 g/mol. The van der Waals surface area contributed by atoms with Gasteiger partial charge in [-0.3, -0.25) is 4.79 Å². The molecule has 2 atom stereocenters. The molecule has 3 heteroatoms. The third-order valence-corrected chi connectivity index (χ3v) is 5.85. The van der Waals surface area contributed by atoms with E-state index in [9.17, 15) is 4.79 Å². The fourth-order valence-electron chi connectivity index (χ4n) is 4.17. The maximum atomic E-state index is 13.1. The van der Waals surface area contributed by atoms with E-state index in [4.69, 9.17) is 0 Å². The van der Waals surface area contributed by atoms with Crippen molar-refractivity contribution in [3.63, 3.8) is 0 Å². The first kappa shape index (κ1) is 20.0. The first-order valence-electron chi connectivity index (χ1n) is 10.5. The fourth-order valence-corrected chi connectivity index (χ4v) is 4.17. The van der Waals surface area contributed by atoms with Crippen molar-refractivity contribution in [2.45, 2.75) is 32.2 Å². The summed E-state index contributed by atoms with van der Waals surface area (Å²) < 4.78 is 2.15. The standard InChI is InChI=1S/C27H28N2O/c1-19-13-15-22(16-14-19)24(25-18-29(3)26-12-8-7-11-23(25)26)17-27(30)28-20(2)21-9-5-4-6-10-21/h4-16,18,20,24H,17H2,1-3H3,(H,28,30)/t20-,24-/m0/s1. The molecule has 1 amide bonds. The molecule has 4 aromatic rings. The summed E-state index contributed by atoms with van der Waals surface area (Å²) >= 11 is 0. The van der Waals surface area contributed by atoms with Crippen LogP contribution >= 0.6 is 0 Å². The maximum Gasteiger partial charge on any atom is 0.221 e. The zero-order valence-electron chi connectivity index (χ0n) is 17.8. The van der Waals surface area contributed by atoms with Crippen LogP contribution in [-0.4, -0.2) is 10.5 Å². The van der Waals surface area contributed by atoms with Gasteiger partial charge in [-0.2, -0.15) is 0 Å². The Hall–Kier alpha value is -3.33. The van der Waals surface area contributed by atoms with Crippen LogP contribution in [0.25, 0.3) is 10.9 Å². The molecule has 0 saturated carbocycles. The zero-order valence-corrected chi connectivity index (χ0v) is 17.8. The van der Waals surface area contributed by atoms with E-state index in [0.29, 0.717) is 6.42 Å². The highest BCUT2D eigenvalue weighted by molar-refractivity contribution is 5.86. The number of hydrogen-bond acceptors (Lipinski definition) is 1. The molecule has 0 bridgehead atoms. The Kier molecular flexibility index (Phi) is 5.71. The van der Waals surface area contributed by atoms with E-state index in [1.54, 1.807) is 0 Å². The van der Waals surface area contributed by atoms with Gasteiger partial charge in [0.25, 0.3) is 0 Å². The Balaban J connectivity index is 1.66. The summed E-state index contributed by atoms with van der Waals surface area (Å²) in [4.78, 5) is 13.1. The molecule has 1 N–H and O–H groups in total. The van der Waals surface area contributed by atoms with Gasteiger partial charge in [0.1, 0.15) is 0 Å². The van der Waals surface area contributed by atoms with Crippen LogP contribution in [0.3, 0.4) is 0 Å². The lowest BCUT2D eigenvalue weighted by Crippen LogP contribution is -2.28. The van der Waals surface area contributed by atoms with E-state index in [0.717, 1.165) is 5.56 Å². The number of hydrogen-bond donors (Lipinski definition) is 1. The fraction of sp³-hybridized carbons (Fsp3) is 0.222. The number of para-hydroxylation sites is 1. The summed E-state index contributed by atoms with van der Waals surface area (Å²) in [5, 5.41) is 4.39. The summed E-state index contributed by atoms with van der Waals surface area (Å²) in [6.45, 7) is 4.12. The van der Waals surface area contributed by atoms with Crippen LogP contribution in [0.5, 0.6) is 0 Å². The van der Waals surface area contributed by atoms with Crippen LogP contribution in [-0.2, 0) is 11.8 Å². The van der Waals surface area contributed by atoms with Crippen molar-refractivity contribution in [2.24, 2.45) is 7.05 Å². The lowest BCUT2D eigenvalue weighted by molar-refractivity contribution is -0.121. The van der Waals surface area contributed by atoms with E-state index in [1.165, 1.54) is 27.6 Å². The summed E-state index contributed by atoms with van der Waals surface area (Å²) in [6.07, 6.45) is 2.58. The molecule has 3 aromatic carbocycles. The predicted molar refractivity (Wildman–Crippen MR) is 124 cm³/mol. The summed E-state index contributed by atoms with van der Waals surface area (Å²) in [5.74, 6) is 0.0598. The highest BCUT2D eigenvalue weighted by atomic mass is 16.1. The molecule has 4 rings (SSSR count). The highest BCUT2D eigenvalue weighted by Gasteiger charge is 2.23. The normalized spacial score (nSPS) is 13.2. The molecule has 1 aromatic heterocycles. The highest BCUT2D eigenvalue weighted by Crippen LogP contribution is 2.34. The Morgan fingerprint density at radius 1 is 0.900 bits per heavy atom. The molecule has 30 heavy (non-hydrogen) atoms. The topological polar surface area (TPSA) is 34.0 Å². The zero-order chi connectivity index (χ0) is 21.1. The molecule has 152 valence electrons.